The topological polar surface area (TPSA) is 119 Å². The van der Waals surface area contributed by atoms with Crippen molar-refractivity contribution in [3.8, 4) is 0 Å². The van der Waals surface area contributed by atoms with E-state index in [1.165, 1.54) is 49.9 Å². The number of carboxylic acids is 1. The van der Waals surface area contributed by atoms with Crippen LogP contribution in [0.15, 0.2) is 30.4 Å². The fourth-order valence-corrected chi connectivity index (χ4v) is 4.22. The number of hydrogen-bond donors (Lipinski definition) is 3. The van der Waals surface area contributed by atoms with Crippen molar-refractivity contribution in [1.29, 1.82) is 0 Å². The normalized spacial score (nSPS) is 11.4. The van der Waals surface area contributed by atoms with Gasteiger partial charge < -0.3 is 20.9 Å². The number of unbranched alkanes of at least 4 members (excludes halogenated alkanes) is 8. The fourth-order valence-electron chi connectivity index (χ4n) is 3.28. The van der Waals surface area contributed by atoms with Crippen molar-refractivity contribution in [3.05, 3.63) is 40.8 Å². The number of rotatable bonds is 18. The number of allylic oxidation sites excluding steroid dienone is 4. The van der Waals surface area contributed by atoms with E-state index in [-0.39, 0.29) is 5.91 Å². The maximum Gasteiger partial charge on any atom is 0.490 e. The van der Waals surface area contributed by atoms with Crippen molar-refractivity contribution < 1.29 is 37.4 Å². The number of thiophene rings is 1. The molecule has 1 aromatic heterocycles. The summed E-state index contributed by atoms with van der Waals surface area (Å²) in [4.78, 5) is 34.1. The van der Waals surface area contributed by atoms with Crippen LogP contribution in [-0.2, 0) is 20.9 Å². The summed E-state index contributed by atoms with van der Waals surface area (Å²) in [5, 5.41) is 10.5. The summed E-state index contributed by atoms with van der Waals surface area (Å²) in [6, 6.07) is 1.70. The predicted octanol–water partition coefficient (Wildman–Crippen LogP) is 7.77. The molecule has 222 valence electrons. The molecule has 1 aromatic rings. The monoisotopic (exact) mass is 576 g/mol. The molecule has 0 aromatic carbocycles. The van der Waals surface area contributed by atoms with Gasteiger partial charge in [-0.3, -0.25) is 4.79 Å². The first-order chi connectivity index (χ1) is 18.6. The Balaban J connectivity index is 0.00000181. The number of nitrogens with two attached hydrogens (primary N) is 1. The first-order valence-corrected chi connectivity index (χ1v) is 14.3. The van der Waals surface area contributed by atoms with Gasteiger partial charge in [-0.05, 0) is 51.5 Å². The molecule has 7 nitrogen and oxygen atoms in total. The fraction of sp³-hybridized carbons (Fsp3) is 0.607. The van der Waals surface area contributed by atoms with Gasteiger partial charge in [-0.25, -0.2) is 9.59 Å². The molecule has 1 heterocycles. The number of alkyl halides is 3. The van der Waals surface area contributed by atoms with E-state index in [9.17, 15) is 22.8 Å². The Kier molecular flexibility index (Phi) is 20.7. The second-order valence-corrected chi connectivity index (χ2v) is 9.85. The molecule has 4 N–H and O–H groups in total. The third kappa shape index (κ3) is 19.1. The molecule has 0 aliphatic heterocycles. The number of amides is 1. The summed E-state index contributed by atoms with van der Waals surface area (Å²) >= 11 is 1.34. The molecule has 0 aliphatic carbocycles. The molecule has 0 atom stereocenters. The Bertz CT molecular complexity index is 898. The van der Waals surface area contributed by atoms with Gasteiger partial charge in [0.1, 0.15) is 5.00 Å². The number of nitrogens with one attached hydrogen (secondary N) is 1. The van der Waals surface area contributed by atoms with E-state index in [0.29, 0.717) is 30.1 Å². The number of esters is 1. The zero-order valence-corrected chi connectivity index (χ0v) is 23.8. The number of hydrogen-bond acceptors (Lipinski definition) is 6. The smallest absolute Gasteiger partial charge is 0.475 e. The summed E-state index contributed by atoms with van der Waals surface area (Å²) in [6.07, 6.45) is 17.2. The lowest BCUT2D eigenvalue weighted by molar-refractivity contribution is -0.192. The minimum absolute atomic E-state index is 0.0633. The molecular weight excluding hydrogens is 533 g/mol. The number of carboxylic acid groups (broad SMARTS) is 1. The lowest BCUT2D eigenvalue weighted by atomic mass is 10.1. The van der Waals surface area contributed by atoms with Gasteiger partial charge in [0.2, 0.25) is 5.91 Å². The SMILES string of the molecule is CCCCC/C=C\C/C=C\CCCCCCCC(=O)Nc1sc(CN)cc1C(=O)OCC.O=C(O)C(F)(F)F. The number of halogens is 3. The van der Waals surface area contributed by atoms with Crippen LogP contribution in [-0.4, -0.2) is 35.7 Å². The van der Waals surface area contributed by atoms with Crippen molar-refractivity contribution in [2.24, 2.45) is 5.73 Å². The zero-order chi connectivity index (χ0) is 29.5. The van der Waals surface area contributed by atoms with Crippen molar-refractivity contribution in [1.82, 2.24) is 0 Å². The highest BCUT2D eigenvalue weighted by Crippen LogP contribution is 2.29. The quantitative estimate of drug-likeness (QED) is 0.0933. The van der Waals surface area contributed by atoms with E-state index >= 15 is 0 Å². The minimum Gasteiger partial charge on any atom is -0.475 e. The summed E-state index contributed by atoms with van der Waals surface area (Å²) in [7, 11) is 0. The highest BCUT2D eigenvalue weighted by Gasteiger charge is 2.38. The molecule has 0 unspecified atom stereocenters. The van der Waals surface area contributed by atoms with E-state index in [4.69, 9.17) is 20.4 Å². The molecule has 0 fully saturated rings. The van der Waals surface area contributed by atoms with E-state index in [1.54, 1.807) is 13.0 Å². The maximum atomic E-state index is 12.3. The van der Waals surface area contributed by atoms with Crippen LogP contribution in [0.4, 0.5) is 18.2 Å². The van der Waals surface area contributed by atoms with Gasteiger partial charge in [0.25, 0.3) is 0 Å². The van der Waals surface area contributed by atoms with Crippen LogP contribution in [0.5, 0.6) is 0 Å². The largest absolute Gasteiger partial charge is 0.490 e. The summed E-state index contributed by atoms with van der Waals surface area (Å²) < 4.78 is 36.8. The molecule has 1 rings (SSSR count). The van der Waals surface area contributed by atoms with E-state index in [2.05, 4.69) is 36.5 Å². The summed E-state index contributed by atoms with van der Waals surface area (Å²) in [5.74, 6) is -3.24. The molecule has 0 saturated heterocycles. The first kappa shape index (κ1) is 36.3. The molecule has 0 spiro atoms. The highest BCUT2D eigenvalue weighted by molar-refractivity contribution is 7.16. The lowest BCUT2D eigenvalue weighted by Gasteiger charge is -2.06. The second-order valence-electron chi connectivity index (χ2n) is 8.71. The number of carbonyl (C=O) groups excluding carboxylic acids is 2. The van der Waals surface area contributed by atoms with Gasteiger partial charge in [-0.15, -0.1) is 11.3 Å². The van der Waals surface area contributed by atoms with Gasteiger partial charge >= 0.3 is 18.1 Å². The van der Waals surface area contributed by atoms with Gasteiger partial charge in [-0.1, -0.05) is 63.3 Å². The third-order valence-electron chi connectivity index (χ3n) is 5.33. The molecule has 1 amide bonds. The Hall–Kier alpha value is -2.66. The maximum absolute atomic E-state index is 12.3. The number of ether oxygens (including phenoxy) is 1. The Morgan fingerprint density at radius 3 is 2.08 bits per heavy atom. The summed E-state index contributed by atoms with van der Waals surface area (Å²) in [5.41, 5.74) is 6.07. The van der Waals surface area contributed by atoms with Crippen LogP contribution in [0.2, 0.25) is 0 Å². The van der Waals surface area contributed by atoms with Crippen molar-refractivity contribution in [2.45, 2.75) is 104 Å². The van der Waals surface area contributed by atoms with Crippen molar-refractivity contribution >= 4 is 34.2 Å². The zero-order valence-electron chi connectivity index (χ0n) is 23.0. The van der Waals surface area contributed by atoms with Crippen molar-refractivity contribution in [3.63, 3.8) is 0 Å². The number of aliphatic carboxylic acids is 1. The molecule has 0 saturated carbocycles. The minimum atomic E-state index is -5.08. The van der Waals surface area contributed by atoms with Crippen LogP contribution < -0.4 is 11.1 Å². The molecule has 39 heavy (non-hydrogen) atoms. The molecule has 0 bridgehead atoms. The van der Waals surface area contributed by atoms with Crippen LogP contribution in [0.25, 0.3) is 0 Å². The predicted molar refractivity (Wildman–Crippen MR) is 150 cm³/mol. The first-order valence-electron chi connectivity index (χ1n) is 13.5. The van der Waals surface area contributed by atoms with Crippen molar-refractivity contribution in [2.75, 3.05) is 11.9 Å². The van der Waals surface area contributed by atoms with Crippen LogP contribution in [0, 0.1) is 0 Å². The number of carbonyl (C=O) groups is 3. The van der Waals surface area contributed by atoms with E-state index in [0.717, 1.165) is 37.0 Å². The van der Waals surface area contributed by atoms with Gasteiger partial charge in [0.15, 0.2) is 0 Å². The van der Waals surface area contributed by atoms with E-state index < -0.39 is 18.1 Å². The van der Waals surface area contributed by atoms with E-state index in [1.807, 2.05) is 0 Å². The Morgan fingerprint density at radius 2 is 1.54 bits per heavy atom. The number of anilines is 1. The van der Waals surface area contributed by atoms with Gasteiger partial charge in [-0.2, -0.15) is 13.2 Å². The average Bonchev–Trinajstić information content (AvgIpc) is 3.29. The van der Waals surface area contributed by atoms with Crippen LogP contribution in [0.3, 0.4) is 0 Å². The molecule has 11 heteroatoms. The lowest BCUT2D eigenvalue weighted by Crippen LogP contribution is -2.21. The Labute approximate surface area is 233 Å². The Morgan fingerprint density at radius 1 is 0.974 bits per heavy atom. The molecule has 0 radical (unpaired) electrons. The highest BCUT2D eigenvalue weighted by atomic mass is 32.1. The molecular formula is C28H43F3N2O5S. The summed E-state index contributed by atoms with van der Waals surface area (Å²) in [6.45, 7) is 4.62. The van der Waals surface area contributed by atoms with Gasteiger partial charge in [0, 0.05) is 17.8 Å². The average molecular weight is 577 g/mol. The van der Waals surface area contributed by atoms with Crippen LogP contribution >= 0.6 is 11.3 Å². The van der Waals surface area contributed by atoms with Crippen LogP contribution in [0.1, 0.15) is 106 Å². The molecule has 0 aliphatic rings. The van der Waals surface area contributed by atoms with Gasteiger partial charge in [0.05, 0.1) is 12.2 Å². The second kappa shape index (κ2) is 22.2. The standard InChI is InChI=1S/C26H42N2O3S.C2HF3O2/c1-3-5-6-7-8-9-10-11-12-13-14-15-16-17-18-19-24(29)28-25-23(26(30)31-4-2)20-22(21-27)32-25;3-2(4,5)1(6)7/h8-9,11-12,20H,3-7,10,13-19,21,27H2,1-2H3,(H,28,29);(H,6,7)/b9-8-,12-11-;. The third-order valence-corrected chi connectivity index (χ3v) is 6.40.